The summed E-state index contributed by atoms with van der Waals surface area (Å²) in [6, 6.07) is 16.5. The molecule has 1 amide bonds. The van der Waals surface area contributed by atoms with Crippen molar-refractivity contribution in [1.82, 2.24) is 14.8 Å². The highest BCUT2D eigenvalue weighted by molar-refractivity contribution is 7.19. The summed E-state index contributed by atoms with van der Waals surface area (Å²) in [6.45, 7) is 1.27. The molecule has 2 N–H and O–H groups in total. The summed E-state index contributed by atoms with van der Waals surface area (Å²) in [4.78, 5) is 28.9. The van der Waals surface area contributed by atoms with E-state index in [4.69, 9.17) is 16.3 Å². The molecule has 0 fully saturated rings. The molecule has 4 rings (SSSR count). The number of hydrogen-bond donors (Lipinski definition) is 2. The van der Waals surface area contributed by atoms with E-state index in [1.165, 1.54) is 11.3 Å². The second kappa shape index (κ2) is 11.3. The van der Waals surface area contributed by atoms with Gasteiger partial charge in [0.1, 0.15) is 11.3 Å². The number of halogens is 1. The number of aryl methyl sites for hydroxylation is 1. The van der Waals surface area contributed by atoms with Gasteiger partial charge in [0.05, 0.1) is 23.4 Å². The van der Waals surface area contributed by atoms with Gasteiger partial charge in [-0.05, 0) is 48.5 Å². The van der Waals surface area contributed by atoms with Gasteiger partial charge in [-0.1, -0.05) is 35.9 Å². The van der Waals surface area contributed by atoms with Crippen molar-refractivity contribution in [2.45, 2.75) is 19.2 Å². The van der Waals surface area contributed by atoms with Gasteiger partial charge in [0.2, 0.25) is 5.43 Å². The normalized spacial score (nSPS) is 12.2. The molecule has 1 atom stereocenters. The number of thiophene rings is 1. The first-order chi connectivity index (χ1) is 17.2. The second-order valence-electron chi connectivity index (χ2n) is 8.71. The van der Waals surface area contributed by atoms with Gasteiger partial charge in [-0.15, -0.1) is 11.3 Å². The number of carbonyl (C=O) groups is 1. The molecule has 0 radical (unpaired) electrons. The fourth-order valence-corrected chi connectivity index (χ4v) is 5.35. The van der Waals surface area contributed by atoms with Crippen LogP contribution in [0.4, 0.5) is 0 Å². The smallest absolute Gasteiger partial charge is 0.257 e. The number of hydrogen-bond acceptors (Lipinski definition) is 6. The Morgan fingerprint density at radius 3 is 2.69 bits per heavy atom. The number of benzene rings is 2. The summed E-state index contributed by atoms with van der Waals surface area (Å²) < 4.78 is 7.58. The number of rotatable bonds is 9. The molecule has 0 spiro atoms. The van der Waals surface area contributed by atoms with Gasteiger partial charge in [0.25, 0.3) is 5.91 Å². The number of fused-ring (bicyclic) bond motifs is 1. The average molecular weight is 526 g/mol. The van der Waals surface area contributed by atoms with E-state index in [1.807, 2.05) is 61.5 Å². The Morgan fingerprint density at radius 2 is 1.97 bits per heavy atom. The summed E-state index contributed by atoms with van der Waals surface area (Å²) >= 11 is 7.28. The molecule has 4 aromatic rings. The van der Waals surface area contributed by atoms with Gasteiger partial charge in [0.15, 0.2) is 0 Å². The Balaban J connectivity index is 1.47. The van der Waals surface area contributed by atoms with Gasteiger partial charge in [-0.25, -0.2) is 0 Å². The van der Waals surface area contributed by atoms with Crippen LogP contribution >= 0.6 is 22.9 Å². The predicted octanol–water partition coefficient (Wildman–Crippen LogP) is 4.36. The lowest BCUT2D eigenvalue weighted by Crippen LogP contribution is -2.29. The van der Waals surface area contributed by atoms with Gasteiger partial charge in [0, 0.05) is 42.8 Å². The van der Waals surface area contributed by atoms with E-state index in [2.05, 4.69) is 5.32 Å². The molecular weight excluding hydrogens is 498 g/mol. The number of ether oxygens (including phenoxy) is 1. The molecule has 0 saturated heterocycles. The molecule has 2 aromatic heterocycles. The minimum atomic E-state index is -0.679. The van der Waals surface area contributed by atoms with Crippen LogP contribution in [0.25, 0.3) is 10.2 Å². The van der Waals surface area contributed by atoms with Crippen molar-refractivity contribution in [3.05, 3.63) is 97.6 Å². The number of nitrogens with one attached hydrogen (secondary N) is 1. The number of nitrogens with zero attached hydrogens (tertiary/aromatic N) is 2. The fourth-order valence-electron chi connectivity index (χ4n) is 4.00. The number of pyridine rings is 1. The van der Waals surface area contributed by atoms with E-state index in [9.17, 15) is 14.7 Å². The maximum absolute atomic E-state index is 13.2. The Bertz CT molecular complexity index is 1430. The molecule has 36 heavy (non-hydrogen) atoms. The molecule has 9 heteroatoms. The first-order valence-corrected chi connectivity index (χ1v) is 12.6. The Morgan fingerprint density at radius 1 is 1.22 bits per heavy atom. The van der Waals surface area contributed by atoms with E-state index >= 15 is 0 Å². The molecule has 0 aliphatic heterocycles. The van der Waals surface area contributed by atoms with Gasteiger partial charge >= 0.3 is 0 Å². The van der Waals surface area contributed by atoms with Crippen molar-refractivity contribution in [2.24, 2.45) is 7.05 Å². The van der Waals surface area contributed by atoms with Crippen LogP contribution in [0.3, 0.4) is 0 Å². The molecule has 2 aromatic carbocycles. The van der Waals surface area contributed by atoms with E-state index < -0.39 is 12.0 Å². The van der Waals surface area contributed by atoms with Crippen molar-refractivity contribution in [3.8, 4) is 5.75 Å². The number of carbonyl (C=O) groups excluding carboxylic acids is 1. The van der Waals surface area contributed by atoms with Crippen LogP contribution in [0.1, 0.15) is 32.5 Å². The third-order valence-electron chi connectivity index (χ3n) is 5.92. The zero-order chi connectivity index (χ0) is 25.8. The molecular formula is C27H28ClN3O4S. The lowest BCUT2D eigenvalue weighted by Gasteiger charge is -2.20. The number of aliphatic hydroxyl groups excluding tert-OH is 1. The second-order valence-corrected chi connectivity index (χ2v) is 10.3. The van der Waals surface area contributed by atoms with Crippen LogP contribution in [0.15, 0.2) is 65.6 Å². The lowest BCUT2D eigenvalue weighted by atomic mass is 10.1. The zero-order valence-electron chi connectivity index (χ0n) is 20.3. The quantitative estimate of drug-likeness (QED) is 0.339. The fraction of sp³-hybridized carbons (Fsp3) is 0.259. The van der Waals surface area contributed by atoms with E-state index in [0.29, 0.717) is 35.1 Å². The Hall–Kier alpha value is -3.17. The summed E-state index contributed by atoms with van der Waals surface area (Å²) in [5, 5.41) is 14.1. The van der Waals surface area contributed by atoms with Crippen LogP contribution in [-0.2, 0) is 20.1 Å². The SMILES string of the molecule is COc1cccc(C(O)CN(C)Cc2cc3c(s2)c(=O)c(C(=O)NCc2ccc(Cl)cc2)cn3C)c1. The third kappa shape index (κ3) is 5.96. The highest BCUT2D eigenvalue weighted by Crippen LogP contribution is 2.25. The topological polar surface area (TPSA) is 83.8 Å². The molecule has 7 nitrogen and oxygen atoms in total. The van der Waals surface area contributed by atoms with Crippen LogP contribution < -0.4 is 15.5 Å². The Kier molecular flexibility index (Phi) is 8.11. The maximum Gasteiger partial charge on any atom is 0.257 e. The van der Waals surface area contributed by atoms with Crippen molar-refractivity contribution in [2.75, 3.05) is 20.7 Å². The minimum Gasteiger partial charge on any atom is -0.497 e. The first kappa shape index (κ1) is 25.9. The molecule has 188 valence electrons. The van der Waals surface area contributed by atoms with Gasteiger partial charge < -0.3 is 19.7 Å². The first-order valence-electron chi connectivity index (χ1n) is 11.4. The lowest BCUT2D eigenvalue weighted by molar-refractivity contribution is 0.0949. The highest BCUT2D eigenvalue weighted by Gasteiger charge is 2.18. The van der Waals surface area contributed by atoms with Crippen molar-refractivity contribution in [3.63, 3.8) is 0 Å². The van der Waals surface area contributed by atoms with Crippen LogP contribution in [0.2, 0.25) is 5.02 Å². The van der Waals surface area contributed by atoms with Gasteiger partial charge in [-0.3, -0.25) is 14.5 Å². The van der Waals surface area contributed by atoms with Crippen LogP contribution in [0.5, 0.6) is 5.75 Å². The molecule has 0 bridgehead atoms. The third-order valence-corrected chi connectivity index (χ3v) is 7.28. The minimum absolute atomic E-state index is 0.106. The summed E-state index contributed by atoms with van der Waals surface area (Å²) in [6.07, 6.45) is 0.899. The predicted molar refractivity (Wildman–Crippen MR) is 144 cm³/mol. The number of likely N-dealkylation sites (N-methyl/N-ethyl adjacent to an activating group) is 1. The molecule has 1 unspecified atom stereocenters. The average Bonchev–Trinajstić information content (AvgIpc) is 3.30. The van der Waals surface area contributed by atoms with Crippen molar-refractivity contribution < 1.29 is 14.6 Å². The molecule has 2 heterocycles. The van der Waals surface area contributed by atoms with Gasteiger partial charge in [-0.2, -0.15) is 0 Å². The number of aliphatic hydroxyl groups is 1. The highest BCUT2D eigenvalue weighted by atomic mass is 35.5. The molecule has 0 aliphatic rings. The van der Waals surface area contributed by atoms with E-state index in [0.717, 1.165) is 21.5 Å². The summed E-state index contributed by atoms with van der Waals surface area (Å²) in [5.74, 6) is 0.281. The zero-order valence-corrected chi connectivity index (χ0v) is 21.9. The largest absolute Gasteiger partial charge is 0.497 e. The monoisotopic (exact) mass is 525 g/mol. The summed E-state index contributed by atoms with van der Waals surface area (Å²) in [7, 11) is 5.34. The molecule has 0 aliphatic carbocycles. The standard InChI is InChI=1S/C27H28ClN3O4S/c1-30(16-24(32)18-5-4-6-20(11-18)35-3)14-21-12-23-26(36-21)25(33)22(15-31(23)2)27(34)29-13-17-7-9-19(28)10-8-17/h4-12,15,24,32H,13-14,16H2,1-3H3,(H,29,34). The van der Waals surface area contributed by atoms with Crippen LogP contribution in [0, 0.1) is 0 Å². The van der Waals surface area contributed by atoms with E-state index in [1.54, 1.807) is 30.0 Å². The number of methoxy groups -OCH3 is 1. The molecule has 0 saturated carbocycles. The van der Waals surface area contributed by atoms with Crippen molar-refractivity contribution in [1.29, 1.82) is 0 Å². The summed E-state index contributed by atoms with van der Waals surface area (Å²) in [5.41, 5.74) is 2.26. The van der Waals surface area contributed by atoms with Crippen molar-refractivity contribution >= 4 is 39.1 Å². The number of aromatic nitrogens is 1. The number of amides is 1. The maximum atomic E-state index is 13.2. The van der Waals surface area contributed by atoms with E-state index in [-0.39, 0.29) is 11.0 Å². The van der Waals surface area contributed by atoms with Crippen LogP contribution in [-0.4, -0.2) is 41.2 Å². The Labute approximate surface area is 218 Å².